The highest BCUT2D eigenvalue weighted by atomic mass is 19.3. The highest BCUT2D eigenvalue weighted by Gasteiger charge is 2.35. The normalized spacial score (nSPS) is 21.5. The van der Waals surface area contributed by atoms with Crippen molar-refractivity contribution < 1.29 is 8.78 Å². The molecule has 0 aromatic heterocycles. The molecule has 1 atom stereocenters. The van der Waals surface area contributed by atoms with Crippen LogP contribution >= 0.6 is 0 Å². The quantitative estimate of drug-likeness (QED) is 0.889. The lowest BCUT2D eigenvalue weighted by Crippen LogP contribution is -2.42. The molecule has 1 aliphatic rings. The molecule has 1 fully saturated rings. The van der Waals surface area contributed by atoms with E-state index in [-0.39, 0.29) is 12.1 Å². The fourth-order valence-corrected chi connectivity index (χ4v) is 2.82. The van der Waals surface area contributed by atoms with Gasteiger partial charge in [-0.3, -0.25) is 4.90 Å². The first-order valence-electron chi connectivity index (χ1n) is 6.97. The van der Waals surface area contributed by atoms with E-state index in [4.69, 9.17) is 5.73 Å². The molecule has 19 heavy (non-hydrogen) atoms. The van der Waals surface area contributed by atoms with Gasteiger partial charge in [0.2, 0.25) is 0 Å². The fourth-order valence-electron chi connectivity index (χ4n) is 2.82. The smallest absolute Gasteiger partial charge is 0.285 e. The minimum Gasteiger partial charge on any atom is -0.330 e. The van der Waals surface area contributed by atoms with Crippen LogP contribution in [0.25, 0.3) is 0 Å². The molecule has 0 aliphatic carbocycles. The van der Waals surface area contributed by atoms with E-state index in [9.17, 15) is 8.78 Å². The van der Waals surface area contributed by atoms with Crippen LogP contribution in [0.2, 0.25) is 0 Å². The number of rotatable bonds is 5. The Balaban J connectivity index is 1.96. The number of halogens is 2. The number of alkyl halides is 2. The molecule has 1 aromatic carbocycles. The van der Waals surface area contributed by atoms with E-state index in [0.29, 0.717) is 12.5 Å². The summed E-state index contributed by atoms with van der Waals surface area (Å²) in [7, 11) is 0. The van der Waals surface area contributed by atoms with Crippen LogP contribution in [0.3, 0.4) is 0 Å². The molecule has 1 saturated heterocycles. The maximum atomic E-state index is 14.2. The van der Waals surface area contributed by atoms with Gasteiger partial charge in [0.1, 0.15) is 0 Å². The summed E-state index contributed by atoms with van der Waals surface area (Å²) >= 11 is 0. The number of hydrogen-bond acceptors (Lipinski definition) is 2. The summed E-state index contributed by atoms with van der Waals surface area (Å²) in [4.78, 5) is 1.89. The molecule has 0 spiro atoms. The van der Waals surface area contributed by atoms with E-state index in [0.717, 1.165) is 32.4 Å². The molecular formula is C15H22F2N2. The average molecular weight is 268 g/mol. The van der Waals surface area contributed by atoms with Gasteiger partial charge in [0.15, 0.2) is 0 Å². The third kappa shape index (κ3) is 3.98. The first kappa shape index (κ1) is 14.4. The van der Waals surface area contributed by atoms with E-state index in [1.54, 1.807) is 18.2 Å². The first-order chi connectivity index (χ1) is 9.12. The van der Waals surface area contributed by atoms with Crippen molar-refractivity contribution >= 4 is 0 Å². The number of piperidine rings is 1. The van der Waals surface area contributed by atoms with Crippen LogP contribution < -0.4 is 5.73 Å². The zero-order valence-electron chi connectivity index (χ0n) is 11.2. The Morgan fingerprint density at radius 1 is 1.26 bits per heavy atom. The molecule has 2 N–H and O–H groups in total. The van der Waals surface area contributed by atoms with Crippen molar-refractivity contribution in [2.75, 3.05) is 26.2 Å². The van der Waals surface area contributed by atoms with Crippen molar-refractivity contribution in [3.63, 3.8) is 0 Å². The summed E-state index contributed by atoms with van der Waals surface area (Å²) in [6, 6.07) is 8.09. The van der Waals surface area contributed by atoms with Gasteiger partial charge < -0.3 is 5.73 Å². The summed E-state index contributed by atoms with van der Waals surface area (Å²) in [5.41, 5.74) is 5.66. The molecule has 1 aromatic rings. The van der Waals surface area contributed by atoms with Crippen molar-refractivity contribution in [3.05, 3.63) is 35.9 Å². The Kier molecular flexibility index (Phi) is 4.88. The second kappa shape index (κ2) is 6.44. The zero-order chi connectivity index (χ0) is 13.7. The first-order valence-corrected chi connectivity index (χ1v) is 6.97. The molecule has 4 heteroatoms. The van der Waals surface area contributed by atoms with Crippen molar-refractivity contribution in [2.45, 2.75) is 25.2 Å². The number of hydrogen-bond donors (Lipinski definition) is 1. The SMILES string of the molecule is NCCC1CCCN(CC(F)(F)c2ccccc2)C1. The van der Waals surface area contributed by atoms with Crippen LogP contribution in [0.5, 0.6) is 0 Å². The second-order valence-electron chi connectivity index (χ2n) is 5.39. The minimum absolute atomic E-state index is 0.107. The van der Waals surface area contributed by atoms with Crippen LogP contribution in [-0.4, -0.2) is 31.1 Å². The summed E-state index contributed by atoms with van der Waals surface area (Å²) in [5.74, 6) is -2.29. The van der Waals surface area contributed by atoms with Crippen molar-refractivity contribution in [3.8, 4) is 0 Å². The van der Waals surface area contributed by atoms with E-state index in [2.05, 4.69) is 0 Å². The number of nitrogens with zero attached hydrogens (tertiary/aromatic N) is 1. The minimum atomic E-state index is -2.77. The lowest BCUT2D eigenvalue weighted by Gasteiger charge is -2.34. The van der Waals surface area contributed by atoms with Gasteiger partial charge in [-0.2, -0.15) is 8.78 Å². The fraction of sp³-hybridized carbons (Fsp3) is 0.600. The molecule has 1 unspecified atom stereocenters. The Morgan fingerprint density at radius 2 is 2.00 bits per heavy atom. The molecule has 0 amide bonds. The van der Waals surface area contributed by atoms with Crippen molar-refractivity contribution in [2.24, 2.45) is 11.7 Å². The van der Waals surface area contributed by atoms with Crippen LogP contribution in [-0.2, 0) is 5.92 Å². The lowest BCUT2D eigenvalue weighted by atomic mass is 9.94. The van der Waals surface area contributed by atoms with Gasteiger partial charge in [-0.25, -0.2) is 0 Å². The molecule has 0 saturated carbocycles. The Labute approximate surface area is 113 Å². The predicted molar refractivity (Wildman–Crippen MR) is 73.2 cm³/mol. The van der Waals surface area contributed by atoms with Gasteiger partial charge in [0, 0.05) is 12.1 Å². The van der Waals surface area contributed by atoms with Crippen LogP contribution in [0.4, 0.5) is 8.78 Å². The third-order valence-corrected chi connectivity index (χ3v) is 3.80. The van der Waals surface area contributed by atoms with Gasteiger partial charge in [0.05, 0.1) is 6.54 Å². The Bertz CT molecular complexity index is 379. The van der Waals surface area contributed by atoms with Gasteiger partial charge in [0.25, 0.3) is 5.92 Å². The topological polar surface area (TPSA) is 29.3 Å². The summed E-state index contributed by atoms with van der Waals surface area (Å²) < 4.78 is 28.4. The number of benzene rings is 1. The molecule has 2 rings (SSSR count). The highest BCUT2D eigenvalue weighted by molar-refractivity contribution is 5.20. The van der Waals surface area contributed by atoms with Crippen molar-refractivity contribution in [1.29, 1.82) is 0 Å². The van der Waals surface area contributed by atoms with Crippen LogP contribution in [0.15, 0.2) is 30.3 Å². The van der Waals surface area contributed by atoms with E-state index in [1.807, 2.05) is 4.90 Å². The van der Waals surface area contributed by atoms with E-state index >= 15 is 0 Å². The summed E-state index contributed by atoms with van der Waals surface area (Å²) in [5, 5.41) is 0. The molecule has 1 aliphatic heterocycles. The van der Waals surface area contributed by atoms with Gasteiger partial charge in [-0.05, 0) is 38.3 Å². The van der Waals surface area contributed by atoms with Crippen LogP contribution in [0, 0.1) is 5.92 Å². The summed E-state index contributed by atoms with van der Waals surface area (Å²) in [6.07, 6.45) is 3.05. The van der Waals surface area contributed by atoms with Gasteiger partial charge >= 0.3 is 0 Å². The molecular weight excluding hydrogens is 246 g/mol. The maximum Gasteiger partial charge on any atom is 0.285 e. The number of nitrogens with two attached hydrogens (primary N) is 1. The summed E-state index contributed by atoms with van der Waals surface area (Å²) in [6.45, 7) is 1.98. The molecule has 2 nitrogen and oxygen atoms in total. The highest BCUT2D eigenvalue weighted by Crippen LogP contribution is 2.30. The Morgan fingerprint density at radius 3 is 2.68 bits per heavy atom. The van der Waals surface area contributed by atoms with Crippen LogP contribution in [0.1, 0.15) is 24.8 Å². The molecule has 0 bridgehead atoms. The Hall–Kier alpha value is -1.00. The third-order valence-electron chi connectivity index (χ3n) is 3.80. The largest absolute Gasteiger partial charge is 0.330 e. The van der Waals surface area contributed by atoms with Gasteiger partial charge in [-0.1, -0.05) is 30.3 Å². The maximum absolute atomic E-state index is 14.2. The predicted octanol–water partition coefficient (Wildman–Crippen LogP) is 2.84. The van der Waals surface area contributed by atoms with Gasteiger partial charge in [-0.15, -0.1) is 0 Å². The molecule has 1 heterocycles. The van der Waals surface area contributed by atoms with E-state index < -0.39 is 5.92 Å². The van der Waals surface area contributed by atoms with E-state index in [1.165, 1.54) is 12.1 Å². The number of likely N-dealkylation sites (tertiary alicyclic amines) is 1. The zero-order valence-corrected chi connectivity index (χ0v) is 11.2. The monoisotopic (exact) mass is 268 g/mol. The second-order valence-corrected chi connectivity index (χ2v) is 5.39. The molecule has 0 radical (unpaired) electrons. The standard InChI is InChI=1S/C15H22F2N2/c16-15(17,14-6-2-1-3-7-14)12-19-10-4-5-13(11-19)8-9-18/h1-3,6-7,13H,4-5,8-12,18H2. The molecule has 106 valence electrons. The average Bonchev–Trinajstić information content (AvgIpc) is 2.40. The lowest BCUT2D eigenvalue weighted by molar-refractivity contribution is -0.0465. The van der Waals surface area contributed by atoms with Crippen molar-refractivity contribution in [1.82, 2.24) is 4.90 Å².